The minimum Gasteiger partial charge on any atom is -0.497 e. The third-order valence-electron chi connectivity index (χ3n) is 3.22. The van der Waals surface area contributed by atoms with Crippen molar-refractivity contribution in [1.82, 2.24) is 0 Å². The number of anilines is 1. The van der Waals surface area contributed by atoms with Gasteiger partial charge in [0.15, 0.2) is 0 Å². The lowest BCUT2D eigenvalue weighted by Gasteiger charge is -2.21. The monoisotopic (exact) mass is 265 g/mol. The van der Waals surface area contributed by atoms with E-state index in [2.05, 4.69) is 5.32 Å². The molecule has 18 heavy (non-hydrogen) atoms. The van der Waals surface area contributed by atoms with Crippen molar-refractivity contribution in [1.29, 1.82) is 0 Å². The Labute approximate surface area is 112 Å². The summed E-state index contributed by atoms with van der Waals surface area (Å²) in [5.41, 5.74) is 1.92. The lowest BCUT2D eigenvalue weighted by molar-refractivity contribution is -0.119. The Balaban J connectivity index is 2.02. The van der Waals surface area contributed by atoms with E-state index in [9.17, 15) is 4.79 Å². The fraction of sp³-hybridized carbons (Fsp3) is 0.500. The second kappa shape index (κ2) is 6.14. The predicted octanol–water partition coefficient (Wildman–Crippen LogP) is 3.09. The lowest BCUT2D eigenvalue weighted by Crippen LogP contribution is -2.27. The van der Waals surface area contributed by atoms with Crippen LogP contribution >= 0.6 is 11.8 Å². The molecule has 1 amide bonds. The van der Waals surface area contributed by atoms with Crippen LogP contribution in [0.5, 0.6) is 5.75 Å². The normalized spacial score (nSPS) is 19.3. The second-order valence-corrected chi connectivity index (χ2v) is 5.73. The van der Waals surface area contributed by atoms with Gasteiger partial charge in [-0.05, 0) is 49.3 Å². The number of aryl methyl sites for hydroxylation is 1. The molecule has 0 aliphatic carbocycles. The van der Waals surface area contributed by atoms with E-state index < -0.39 is 0 Å². The molecule has 1 N–H and O–H groups in total. The first-order valence-corrected chi connectivity index (χ1v) is 7.39. The van der Waals surface area contributed by atoms with Gasteiger partial charge in [0, 0.05) is 17.4 Å². The standard InChI is InChI=1S/C14H19NO2S/c1-10-8-12(17-2)5-6-13(10)15-14(16)11-4-3-7-18-9-11/h5-6,8,11H,3-4,7,9H2,1-2H3,(H,15,16). The summed E-state index contributed by atoms with van der Waals surface area (Å²) in [7, 11) is 1.65. The molecule has 1 fully saturated rings. The molecule has 0 saturated carbocycles. The maximum Gasteiger partial charge on any atom is 0.228 e. The van der Waals surface area contributed by atoms with E-state index in [0.717, 1.165) is 35.6 Å². The fourth-order valence-corrected chi connectivity index (χ4v) is 3.23. The summed E-state index contributed by atoms with van der Waals surface area (Å²) in [5.74, 6) is 3.26. The summed E-state index contributed by atoms with van der Waals surface area (Å²) in [5, 5.41) is 3.02. The van der Waals surface area contributed by atoms with Gasteiger partial charge in [0.05, 0.1) is 7.11 Å². The molecule has 1 aromatic rings. The molecule has 98 valence electrons. The Morgan fingerprint density at radius 3 is 2.94 bits per heavy atom. The van der Waals surface area contributed by atoms with Gasteiger partial charge in [0.2, 0.25) is 5.91 Å². The number of amides is 1. The first kappa shape index (κ1) is 13.3. The summed E-state index contributed by atoms with van der Waals surface area (Å²) < 4.78 is 5.16. The molecule has 1 aliphatic heterocycles. The van der Waals surface area contributed by atoms with Crippen molar-refractivity contribution in [3.8, 4) is 5.75 Å². The van der Waals surface area contributed by atoms with E-state index in [1.54, 1.807) is 7.11 Å². The predicted molar refractivity (Wildman–Crippen MR) is 76.4 cm³/mol. The lowest BCUT2D eigenvalue weighted by atomic mass is 10.0. The summed E-state index contributed by atoms with van der Waals surface area (Å²) in [6.45, 7) is 1.98. The van der Waals surface area contributed by atoms with Crippen LogP contribution in [0.2, 0.25) is 0 Å². The Bertz CT molecular complexity index is 428. The first-order chi connectivity index (χ1) is 8.70. The van der Waals surface area contributed by atoms with Crippen molar-refractivity contribution in [2.75, 3.05) is 23.9 Å². The summed E-state index contributed by atoms with van der Waals surface area (Å²) >= 11 is 1.87. The molecule has 0 aromatic heterocycles. The Kier molecular flexibility index (Phi) is 4.53. The van der Waals surface area contributed by atoms with Gasteiger partial charge >= 0.3 is 0 Å². The Hall–Kier alpha value is -1.16. The third-order valence-corrected chi connectivity index (χ3v) is 4.44. The van der Waals surface area contributed by atoms with Gasteiger partial charge in [-0.25, -0.2) is 0 Å². The molecule has 3 nitrogen and oxygen atoms in total. The van der Waals surface area contributed by atoms with Crippen LogP contribution in [-0.2, 0) is 4.79 Å². The molecule has 2 rings (SSSR count). The van der Waals surface area contributed by atoms with Gasteiger partial charge in [0.1, 0.15) is 5.75 Å². The highest BCUT2D eigenvalue weighted by atomic mass is 32.2. The van der Waals surface area contributed by atoms with Crippen molar-refractivity contribution in [2.45, 2.75) is 19.8 Å². The van der Waals surface area contributed by atoms with E-state index in [1.807, 2.05) is 36.9 Å². The topological polar surface area (TPSA) is 38.3 Å². The number of ether oxygens (including phenoxy) is 1. The maximum atomic E-state index is 12.1. The summed E-state index contributed by atoms with van der Waals surface area (Å²) in [6, 6.07) is 5.71. The van der Waals surface area contributed by atoms with Gasteiger partial charge in [-0.3, -0.25) is 4.79 Å². The molecule has 1 saturated heterocycles. The Morgan fingerprint density at radius 2 is 2.33 bits per heavy atom. The largest absolute Gasteiger partial charge is 0.497 e. The first-order valence-electron chi connectivity index (χ1n) is 6.24. The van der Waals surface area contributed by atoms with Crippen LogP contribution in [-0.4, -0.2) is 24.5 Å². The van der Waals surface area contributed by atoms with E-state index >= 15 is 0 Å². The van der Waals surface area contributed by atoms with Gasteiger partial charge in [0.25, 0.3) is 0 Å². The molecule has 1 unspecified atom stereocenters. The zero-order chi connectivity index (χ0) is 13.0. The van der Waals surface area contributed by atoms with Crippen LogP contribution in [0.4, 0.5) is 5.69 Å². The summed E-state index contributed by atoms with van der Waals surface area (Å²) in [4.78, 5) is 12.1. The molecule has 1 heterocycles. The number of benzene rings is 1. The van der Waals surface area contributed by atoms with Crippen LogP contribution in [0.1, 0.15) is 18.4 Å². The van der Waals surface area contributed by atoms with Crippen LogP contribution in [0, 0.1) is 12.8 Å². The van der Waals surface area contributed by atoms with Crippen molar-refractivity contribution in [3.63, 3.8) is 0 Å². The highest BCUT2D eigenvalue weighted by Crippen LogP contribution is 2.26. The van der Waals surface area contributed by atoms with E-state index in [1.165, 1.54) is 5.75 Å². The van der Waals surface area contributed by atoms with Gasteiger partial charge in [-0.2, -0.15) is 11.8 Å². The molecule has 1 atom stereocenters. The van der Waals surface area contributed by atoms with E-state index in [-0.39, 0.29) is 11.8 Å². The molecular weight excluding hydrogens is 246 g/mol. The number of carbonyl (C=O) groups excluding carboxylic acids is 1. The van der Waals surface area contributed by atoms with Crippen LogP contribution in [0.25, 0.3) is 0 Å². The van der Waals surface area contributed by atoms with Crippen molar-refractivity contribution < 1.29 is 9.53 Å². The minimum atomic E-state index is 0.149. The zero-order valence-electron chi connectivity index (χ0n) is 10.9. The second-order valence-electron chi connectivity index (χ2n) is 4.58. The van der Waals surface area contributed by atoms with Crippen LogP contribution in [0.15, 0.2) is 18.2 Å². The average molecular weight is 265 g/mol. The van der Waals surface area contributed by atoms with Crippen molar-refractivity contribution in [2.24, 2.45) is 5.92 Å². The third kappa shape index (κ3) is 3.19. The van der Waals surface area contributed by atoms with E-state index in [4.69, 9.17) is 4.74 Å². The zero-order valence-corrected chi connectivity index (χ0v) is 11.7. The average Bonchev–Trinajstić information content (AvgIpc) is 2.42. The summed E-state index contributed by atoms with van der Waals surface area (Å²) in [6.07, 6.45) is 2.15. The molecule has 0 radical (unpaired) electrons. The van der Waals surface area contributed by atoms with Gasteiger partial charge in [-0.15, -0.1) is 0 Å². The Morgan fingerprint density at radius 1 is 1.50 bits per heavy atom. The molecule has 4 heteroatoms. The number of hydrogen-bond acceptors (Lipinski definition) is 3. The SMILES string of the molecule is COc1ccc(NC(=O)C2CCCSC2)c(C)c1. The van der Waals surface area contributed by atoms with Crippen molar-refractivity contribution in [3.05, 3.63) is 23.8 Å². The smallest absolute Gasteiger partial charge is 0.228 e. The van der Waals surface area contributed by atoms with Gasteiger partial charge < -0.3 is 10.1 Å². The highest BCUT2D eigenvalue weighted by Gasteiger charge is 2.21. The quantitative estimate of drug-likeness (QED) is 0.912. The van der Waals surface area contributed by atoms with Crippen LogP contribution < -0.4 is 10.1 Å². The number of hydrogen-bond donors (Lipinski definition) is 1. The number of thioether (sulfide) groups is 1. The molecular formula is C14H19NO2S. The van der Waals surface area contributed by atoms with Crippen molar-refractivity contribution >= 4 is 23.4 Å². The maximum absolute atomic E-state index is 12.1. The number of methoxy groups -OCH3 is 1. The number of nitrogens with one attached hydrogen (secondary N) is 1. The van der Waals surface area contributed by atoms with E-state index in [0.29, 0.717) is 0 Å². The fourth-order valence-electron chi connectivity index (χ4n) is 2.09. The highest BCUT2D eigenvalue weighted by molar-refractivity contribution is 7.99. The number of rotatable bonds is 3. The minimum absolute atomic E-state index is 0.149. The van der Waals surface area contributed by atoms with Crippen LogP contribution in [0.3, 0.4) is 0 Å². The van der Waals surface area contributed by atoms with Gasteiger partial charge in [-0.1, -0.05) is 0 Å². The molecule has 0 spiro atoms. The molecule has 1 aliphatic rings. The number of carbonyl (C=O) groups is 1. The molecule has 1 aromatic carbocycles. The molecule has 0 bridgehead atoms.